The van der Waals surface area contributed by atoms with Gasteiger partial charge < -0.3 is 13.9 Å². The van der Waals surface area contributed by atoms with E-state index in [0.29, 0.717) is 22.8 Å². The van der Waals surface area contributed by atoms with Gasteiger partial charge in [-0.25, -0.2) is 0 Å². The fourth-order valence-corrected chi connectivity index (χ4v) is 2.48. The van der Waals surface area contributed by atoms with E-state index in [2.05, 4.69) is 0 Å². The molecule has 0 bridgehead atoms. The molecule has 0 aliphatic heterocycles. The summed E-state index contributed by atoms with van der Waals surface area (Å²) in [7, 11) is 3.21. The lowest BCUT2D eigenvalue weighted by atomic mass is 10.0. The van der Waals surface area contributed by atoms with Gasteiger partial charge in [0.2, 0.25) is 0 Å². The molecule has 0 aliphatic carbocycles. The Kier molecular flexibility index (Phi) is 5.00. The number of ketones is 1. The lowest BCUT2D eigenvalue weighted by Gasteiger charge is -2.10. The zero-order valence-electron chi connectivity index (χ0n) is 14.1. The minimum absolute atomic E-state index is 0.0738. The maximum absolute atomic E-state index is 12.2. The molecule has 3 aromatic rings. The Bertz CT molecular complexity index is 875. The minimum atomic E-state index is -0.0738. The second kappa shape index (κ2) is 7.53. The Morgan fingerprint density at radius 1 is 0.920 bits per heavy atom. The standard InChI is InChI=1S/C21H18O4/c1-23-20-12-9-17(14-21(20)24-2)15-5-7-16(8-6-15)19(22)11-10-18-4-3-13-25-18/h3-14H,1-2H3/b11-10+. The highest BCUT2D eigenvalue weighted by molar-refractivity contribution is 6.06. The summed E-state index contributed by atoms with van der Waals surface area (Å²) in [6, 6.07) is 16.7. The topological polar surface area (TPSA) is 48.7 Å². The highest BCUT2D eigenvalue weighted by Gasteiger charge is 2.07. The van der Waals surface area contributed by atoms with Gasteiger partial charge in [0.25, 0.3) is 0 Å². The van der Waals surface area contributed by atoms with E-state index < -0.39 is 0 Å². The summed E-state index contributed by atoms with van der Waals surface area (Å²) in [4.78, 5) is 12.2. The van der Waals surface area contributed by atoms with Crippen molar-refractivity contribution in [2.45, 2.75) is 0 Å². The molecule has 0 amide bonds. The van der Waals surface area contributed by atoms with Crippen LogP contribution in [0.5, 0.6) is 11.5 Å². The SMILES string of the molecule is COc1ccc(-c2ccc(C(=O)/C=C/c3ccco3)cc2)cc1OC. The van der Waals surface area contributed by atoms with Crippen LogP contribution in [0.15, 0.2) is 71.4 Å². The molecule has 126 valence electrons. The molecule has 0 spiro atoms. The van der Waals surface area contributed by atoms with Gasteiger partial charge in [-0.3, -0.25) is 4.79 Å². The van der Waals surface area contributed by atoms with Crippen LogP contribution < -0.4 is 9.47 Å². The highest BCUT2D eigenvalue weighted by Crippen LogP contribution is 2.32. The van der Waals surface area contributed by atoms with E-state index in [-0.39, 0.29) is 5.78 Å². The molecule has 0 radical (unpaired) electrons. The molecule has 4 nitrogen and oxygen atoms in total. The lowest BCUT2D eigenvalue weighted by molar-refractivity contribution is 0.104. The molecular weight excluding hydrogens is 316 g/mol. The van der Waals surface area contributed by atoms with Crippen molar-refractivity contribution in [2.75, 3.05) is 14.2 Å². The van der Waals surface area contributed by atoms with Crippen molar-refractivity contribution in [1.82, 2.24) is 0 Å². The maximum atomic E-state index is 12.2. The van der Waals surface area contributed by atoms with Gasteiger partial charge in [0.1, 0.15) is 5.76 Å². The monoisotopic (exact) mass is 334 g/mol. The Morgan fingerprint density at radius 2 is 1.64 bits per heavy atom. The van der Waals surface area contributed by atoms with Crippen LogP contribution in [0.4, 0.5) is 0 Å². The van der Waals surface area contributed by atoms with Gasteiger partial charge in [0.05, 0.1) is 20.5 Å². The number of allylic oxidation sites excluding steroid dienone is 1. The predicted octanol–water partition coefficient (Wildman–Crippen LogP) is 4.86. The summed E-state index contributed by atoms with van der Waals surface area (Å²) in [5.74, 6) is 1.92. The third-order valence-electron chi connectivity index (χ3n) is 3.83. The lowest BCUT2D eigenvalue weighted by Crippen LogP contribution is -1.94. The number of benzene rings is 2. The average Bonchev–Trinajstić information content (AvgIpc) is 3.19. The smallest absolute Gasteiger partial charge is 0.185 e. The van der Waals surface area contributed by atoms with E-state index in [9.17, 15) is 4.79 Å². The molecule has 0 atom stereocenters. The number of carbonyl (C=O) groups is 1. The van der Waals surface area contributed by atoms with Crippen molar-refractivity contribution in [3.8, 4) is 22.6 Å². The summed E-state index contributed by atoms with van der Waals surface area (Å²) < 4.78 is 15.8. The number of methoxy groups -OCH3 is 2. The molecule has 0 aliphatic rings. The fourth-order valence-electron chi connectivity index (χ4n) is 2.48. The third-order valence-corrected chi connectivity index (χ3v) is 3.83. The third kappa shape index (κ3) is 3.80. The van der Waals surface area contributed by atoms with Crippen LogP contribution in [-0.4, -0.2) is 20.0 Å². The molecule has 0 N–H and O–H groups in total. The average molecular weight is 334 g/mol. The normalized spacial score (nSPS) is 10.8. The second-order valence-corrected chi connectivity index (χ2v) is 5.36. The van der Waals surface area contributed by atoms with Gasteiger partial charge >= 0.3 is 0 Å². The zero-order valence-corrected chi connectivity index (χ0v) is 14.1. The molecule has 4 heteroatoms. The van der Waals surface area contributed by atoms with Crippen molar-refractivity contribution in [3.05, 3.63) is 78.3 Å². The molecule has 0 saturated heterocycles. The summed E-state index contributed by atoms with van der Waals surface area (Å²) in [5.41, 5.74) is 2.60. The Balaban J connectivity index is 1.79. The number of ether oxygens (including phenoxy) is 2. The number of carbonyl (C=O) groups excluding carboxylic acids is 1. The van der Waals surface area contributed by atoms with Gasteiger partial charge in [-0.15, -0.1) is 0 Å². The van der Waals surface area contributed by atoms with Crippen molar-refractivity contribution >= 4 is 11.9 Å². The largest absolute Gasteiger partial charge is 0.493 e. The first-order valence-electron chi connectivity index (χ1n) is 7.79. The van der Waals surface area contributed by atoms with Gasteiger partial charge in [0, 0.05) is 5.56 Å². The summed E-state index contributed by atoms with van der Waals surface area (Å²) in [6.45, 7) is 0. The molecule has 1 heterocycles. The van der Waals surface area contributed by atoms with Crippen LogP contribution in [0.1, 0.15) is 16.1 Å². The Hall–Kier alpha value is -3.27. The van der Waals surface area contributed by atoms with Gasteiger partial charge in [-0.2, -0.15) is 0 Å². The number of hydrogen-bond donors (Lipinski definition) is 0. The van der Waals surface area contributed by atoms with Crippen LogP contribution in [0.2, 0.25) is 0 Å². The van der Waals surface area contributed by atoms with E-state index in [1.807, 2.05) is 30.3 Å². The van der Waals surface area contributed by atoms with Crippen LogP contribution in [0, 0.1) is 0 Å². The molecule has 2 aromatic carbocycles. The van der Waals surface area contributed by atoms with Crippen LogP contribution in [0.25, 0.3) is 17.2 Å². The van der Waals surface area contributed by atoms with Crippen molar-refractivity contribution in [3.63, 3.8) is 0 Å². The Morgan fingerprint density at radius 3 is 2.28 bits per heavy atom. The maximum Gasteiger partial charge on any atom is 0.185 e. The van der Waals surface area contributed by atoms with E-state index in [0.717, 1.165) is 11.1 Å². The highest BCUT2D eigenvalue weighted by atomic mass is 16.5. The van der Waals surface area contributed by atoms with Gasteiger partial charge in [0.15, 0.2) is 17.3 Å². The fraction of sp³-hybridized carbons (Fsp3) is 0.0952. The Labute approximate surface area is 146 Å². The molecule has 0 fully saturated rings. The van der Waals surface area contributed by atoms with Crippen LogP contribution >= 0.6 is 0 Å². The quantitative estimate of drug-likeness (QED) is 0.477. The van der Waals surface area contributed by atoms with Crippen molar-refractivity contribution in [1.29, 1.82) is 0 Å². The predicted molar refractivity (Wildman–Crippen MR) is 97.1 cm³/mol. The van der Waals surface area contributed by atoms with Crippen molar-refractivity contribution in [2.24, 2.45) is 0 Å². The summed E-state index contributed by atoms with van der Waals surface area (Å²) >= 11 is 0. The molecule has 0 saturated carbocycles. The summed E-state index contributed by atoms with van der Waals surface area (Å²) in [6.07, 6.45) is 4.73. The molecular formula is C21H18O4. The van der Waals surface area contributed by atoms with E-state index in [1.165, 1.54) is 6.08 Å². The van der Waals surface area contributed by atoms with E-state index in [4.69, 9.17) is 13.9 Å². The number of hydrogen-bond acceptors (Lipinski definition) is 4. The number of rotatable bonds is 6. The van der Waals surface area contributed by atoms with E-state index >= 15 is 0 Å². The number of furan rings is 1. The van der Waals surface area contributed by atoms with Gasteiger partial charge in [-0.1, -0.05) is 30.3 Å². The van der Waals surface area contributed by atoms with Crippen LogP contribution in [-0.2, 0) is 0 Å². The first-order valence-corrected chi connectivity index (χ1v) is 7.79. The molecule has 3 rings (SSSR count). The molecule has 1 aromatic heterocycles. The minimum Gasteiger partial charge on any atom is -0.493 e. The van der Waals surface area contributed by atoms with E-state index in [1.54, 1.807) is 50.8 Å². The summed E-state index contributed by atoms with van der Waals surface area (Å²) in [5, 5.41) is 0. The first kappa shape index (κ1) is 16.6. The second-order valence-electron chi connectivity index (χ2n) is 5.36. The molecule has 25 heavy (non-hydrogen) atoms. The molecule has 0 unspecified atom stereocenters. The zero-order chi connectivity index (χ0) is 17.6. The van der Waals surface area contributed by atoms with Crippen molar-refractivity contribution < 1.29 is 18.7 Å². The first-order chi connectivity index (χ1) is 12.2. The van der Waals surface area contributed by atoms with Gasteiger partial charge in [-0.05, 0) is 47.5 Å². The van der Waals surface area contributed by atoms with Crippen LogP contribution in [0.3, 0.4) is 0 Å².